The first-order chi connectivity index (χ1) is 13.1. The molecule has 6 heteroatoms. The summed E-state index contributed by atoms with van der Waals surface area (Å²) in [6.45, 7) is 1.60. The van der Waals surface area contributed by atoms with Gasteiger partial charge in [0.1, 0.15) is 17.3 Å². The minimum Gasteiger partial charge on any atom is -0.366 e. The highest BCUT2D eigenvalue weighted by molar-refractivity contribution is 6.14. The van der Waals surface area contributed by atoms with Crippen molar-refractivity contribution in [2.24, 2.45) is 0 Å². The van der Waals surface area contributed by atoms with E-state index >= 15 is 0 Å². The van der Waals surface area contributed by atoms with Crippen LogP contribution in [0.15, 0.2) is 54.1 Å². The summed E-state index contributed by atoms with van der Waals surface area (Å²) < 4.78 is 0. The molecular formula is C21H19N3O3. The summed E-state index contributed by atoms with van der Waals surface area (Å²) in [7, 11) is 0. The second-order valence-electron chi connectivity index (χ2n) is 6.42. The van der Waals surface area contributed by atoms with Crippen LogP contribution in [0.5, 0.6) is 0 Å². The maximum Gasteiger partial charge on any atom is 0.293 e. The lowest BCUT2D eigenvalue weighted by molar-refractivity contribution is -0.384. The van der Waals surface area contributed by atoms with Gasteiger partial charge < -0.3 is 4.90 Å². The maximum absolute atomic E-state index is 12.5. The molecule has 2 aromatic rings. The van der Waals surface area contributed by atoms with E-state index in [0.717, 1.165) is 32.4 Å². The number of allylic oxidation sites excluding steroid dienone is 1. The van der Waals surface area contributed by atoms with Crippen molar-refractivity contribution in [3.63, 3.8) is 0 Å². The Kier molecular flexibility index (Phi) is 5.62. The molecule has 0 radical (unpaired) electrons. The molecule has 0 N–H and O–H groups in total. The second-order valence-corrected chi connectivity index (χ2v) is 6.42. The largest absolute Gasteiger partial charge is 0.366 e. The fourth-order valence-electron chi connectivity index (χ4n) is 3.24. The first-order valence-corrected chi connectivity index (χ1v) is 8.85. The van der Waals surface area contributed by atoms with E-state index in [1.165, 1.54) is 12.1 Å². The Balaban J connectivity index is 1.95. The van der Waals surface area contributed by atoms with E-state index in [4.69, 9.17) is 0 Å². The molecule has 0 aliphatic carbocycles. The maximum atomic E-state index is 12.5. The van der Waals surface area contributed by atoms with Crippen LogP contribution in [0.1, 0.15) is 35.2 Å². The smallest absolute Gasteiger partial charge is 0.293 e. The van der Waals surface area contributed by atoms with Crippen molar-refractivity contribution in [2.75, 3.05) is 18.0 Å². The first-order valence-electron chi connectivity index (χ1n) is 8.85. The zero-order valence-corrected chi connectivity index (χ0v) is 14.8. The number of hydrogen-bond donors (Lipinski definition) is 0. The van der Waals surface area contributed by atoms with Gasteiger partial charge in [0.25, 0.3) is 5.69 Å². The Morgan fingerprint density at radius 1 is 1.11 bits per heavy atom. The summed E-state index contributed by atoms with van der Waals surface area (Å²) in [6.07, 6.45) is 4.58. The molecule has 1 heterocycles. The molecule has 1 aliphatic heterocycles. The van der Waals surface area contributed by atoms with Crippen molar-refractivity contribution >= 4 is 23.2 Å². The lowest BCUT2D eigenvalue weighted by Crippen LogP contribution is -2.29. The fourth-order valence-corrected chi connectivity index (χ4v) is 3.24. The molecule has 1 fully saturated rings. The van der Waals surface area contributed by atoms with E-state index in [2.05, 4.69) is 0 Å². The van der Waals surface area contributed by atoms with Crippen molar-refractivity contribution in [1.82, 2.24) is 0 Å². The van der Waals surface area contributed by atoms with Gasteiger partial charge in [-0.3, -0.25) is 14.9 Å². The minimum absolute atomic E-state index is 0.00454. The number of ketones is 1. The SMILES string of the molecule is N#C/C(=C/c1ccc(N2CCCCC2)c([N+](=O)[O-])c1)C(=O)c1ccccc1. The topological polar surface area (TPSA) is 87.2 Å². The first kappa shape index (κ1) is 18.3. The zero-order valence-electron chi connectivity index (χ0n) is 14.8. The predicted octanol–water partition coefficient (Wildman–Crippen LogP) is 4.37. The van der Waals surface area contributed by atoms with Crippen LogP contribution in [0.2, 0.25) is 0 Å². The zero-order chi connectivity index (χ0) is 19.2. The highest BCUT2D eigenvalue weighted by Crippen LogP contribution is 2.32. The molecule has 1 saturated heterocycles. The highest BCUT2D eigenvalue weighted by Gasteiger charge is 2.22. The number of carbonyl (C=O) groups is 1. The monoisotopic (exact) mass is 361 g/mol. The molecule has 0 amide bonds. The van der Waals surface area contributed by atoms with Gasteiger partial charge in [0.2, 0.25) is 5.78 Å². The van der Waals surface area contributed by atoms with E-state index in [0.29, 0.717) is 16.8 Å². The van der Waals surface area contributed by atoms with Gasteiger partial charge in [-0.05, 0) is 37.0 Å². The van der Waals surface area contributed by atoms with Crippen LogP contribution in [-0.2, 0) is 0 Å². The number of piperidine rings is 1. The summed E-state index contributed by atoms with van der Waals surface area (Å²) in [5, 5.41) is 20.9. The Bertz CT molecular complexity index is 923. The second kappa shape index (κ2) is 8.28. The van der Waals surface area contributed by atoms with Crippen molar-refractivity contribution in [3.8, 4) is 6.07 Å². The average molecular weight is 361 g/mol. The fraction of sp³-hybridized carbons (Fsp3) is 0.238. The number of hydrogen-bond acceptors (Lipinski definition) is 5. The molecule has 0 aromatic heterocycles. The van der Waals surface area contributed by atoms with E-state index < -0.39 is 10.7 Å². The quantitative estimate of drug-likeness (QED) is 0.259. The summed E-state index contributed by atoms with van der Waals surface area (Å²) in [5.74, 6) is -0.402. The van der Waals surface area contributed by atoms with Gasteiger partial charge in [0, 0.05) is 24.7 Å². The van der Waals surface area contributed by atoms with Crippen LogP contribution < -0.4 is 4.90 Å². The van der Waals surface area contributed by atoms with E-state index in [1.807, 2.05) is 11.0 Å². The highest BCUT2D eigenvalue weighted by atomic mass is 16.6. The number of carbonyl (C=O) groups excluding carboxylic acids is 1. The van der Waals surface area contributed by atoms with Crippen LogP contribution in [0.25, 0.3) is 6.08 Å². The molecule has 0 spiro atoms. The summed E-state index contributed by atoms with van der Waals surface area (Å²) in [6, 6.07) is 15.3. The number of nitriles is 1. The van der Waals surface area contributed by atoms with Gasteiger partial charge in [-0.1, -0.05) is 36.4 Å². The Morgan fingerprint density at radius 3 is 2.44 bits per heavy atom. The molecule has 1 aliphatic rings. The van der Waals surface area contributed by atoms with Crippen molar-refractivity contribution < 1.29 is 9.72 Å². The third-order valence-electron chi connectivity index (χ3n) is 4.60. The van der Waals surface area contributed by atoms with Crippen molar-refractivity contribution in [1.29, 1.82) is 5.26 Å². The Labute approximate surface area is 157 Å². The van der Waals surface area contributed by atoms with Gasteiger partial charge in [-0.25, -0.2) is 0 Å². The average Bonchev–Trinajstić information content (AvgIpc) is 2.72. The van der Waals surface area contributed by atoms with Gasteiger partial charge in [0.15, 0.2) is 0 Å². The number of benzene rings is 2. The molecule has 0 saturated carbocycles. The number of anilines is 1. The summed E-state index contributed by atoms with van der Waals surface area (Å²) in [4.78, 5) is 25.6. The lowest BCUT2D eigenvalue weighted by atomic mass is 10.0. The molecule has 0 bridgehead atoms. The number of rotatable bonds is 5. The number of nitrogens with zero attached hydrogens (tertiary/aromatic N) is 3. The van der Waals surface area contributed by atoms with Crippen LogP contribution >= 0.6 is 0 Å². The van der Waals surface area contributed by atoms with E-state index in [1.54, 1.807) is 42.5 Å². The molecule has 0 unspecified atom stereocenters. The van der Waals surface area contributed by atoms with Crippen LogP contribution in [0, 0.1) is 21.4 Å². The summed E-state index contributed by atoms with van der Waals surface area (Å²) in [5.41, 5.74) is 1.40. The predicted molar refractivity (Wildman–Crippen MR) is 104 cm³/mol. The van der Waals surface area contributed by atoms with Gasteiger partial charge >= 0.3 is 0 Å². The minimum atomic E-state index is -0.410. The van der Waals surface area contributed by atoms with E-state index in [-0.39, 0.29) is 11.3 Å². The van der Waals surface area contributed by atoms with Crippen molar-refractivity contribution in [2.45, 2.75) is 19.3 Å². The normalized spacial score (nSPS) is 14.5. The van der Waals surface area contributed by atoms with Gasteiger partial charge in [-0.2, -0.15) is 5.26 Å². The number of nitro benzene ring substituents is 1. The van der Waals surface area contributed by atoms with Crippen LogP contribution in [-0.4, -0.2) is 23.8 Å². The molecule has 3 rings (SSSR count). The standard InChI is InChI=1S/C21H19N3O3/c22-15-18(21(25)17-7-3-1-4-8-17)13-16-9-10-19(20(14-16)24(26)27)23-11-5-2-6-12-23/h1,3-4,7-10,13-14H,2,5-6,11-12H2/b18-13-. The molecule has 0 atom stereocenters. The molecule has 6 nitrogen and oxygen atoms in total. The van der Waals surface area contributed by atoms with Crippen molar-refractivity contribution in [3.05, 3.63) is 75.3 Å². The summed E-state index contributed by atoms with van der Waals surface area (Å²) >= 11 is 0. The van der Waals surface area contributed by atoms with Crippen LogP contribution in [0.4, 0.5) is 11.4 Å². The third kappa shape index (κ3) is 4.21. The lowest BCUT2D eigenvalue weighted by Gasteiger charge is -2.28. The van der Waals surface area contributed by atoms with Gasteiger partial charge in [0.05, 0.1) is 4.92 Å². The Morgan fingerprint density at radius 2 is 1.81 bits per heavy atom. The molecule has 2 aromatic carbocycles. The van der Waals surface area contributed by atoms with Crippen LogP contribution in [0.3, 0.4) is 0 Å². The molecular weight excluding hydrogens is 342 g/mol. The number of Topliss-reactive ketones (excluding diaryl/α,β-unsaturated/α-hetero) is 1. The van der Waals surface area contributed by atoms with E-state index in [9.17, 15) is 20.2 Å². The third-order valence-corrected chi connectivity index (χ3v) is 4.60. The molecule has 27 heavy (non-hydrogen) atoms. The van der Waals surface area contributed by atoms with Gasteiger partial charge in [-0.15, -0.1) is 0 Å². The molecule has 136 valence electrons. The Hall–Kier alpha value is -3.46. The number of nitro groups is 1.